The summed E-state index contributed by atoms with van der Waals surface area (Å²) in [6.45, 7) is 0. The molecule has 0 saturated heterocycles. The summed E-state index contributed by atoms with van der Waals surface area (Å²) in [5, 5.41) is 8.13. The molecule has 0 atom stereocenters. The molecule has 1 aliphatic carbocycles. The van der Waals surface area contributed by atoms with Crippen molar-refractivity contribution in [3.8, 4) is 11.3 Å². The second kappa shape index (κ2) is 4.26. The Kier molecular flexibility index (Phi) is 2.42. The fourth-order valence-corrected chi connectivity index (χ4v) is 2.12. The van der Waals surface area contributed by atoms with Crippen LogP contribution < -0.4 is 5.32 Å². The van der Waals surface area contributed by atoms with E-state index in [1.807, 2.05) is 0 Å². The van der Waals surface area contributed by atoms with E-state index < -0.39 is 0 Å². The summed E-state index contributed by atoms with van der Waals surface area (Å²) >= 11 is 0. The van der Waals surface area contributed by atoms with Crippen molar-refractivity contribution in [1.82, 2.24) is 15.1 Å². The number of hydrogen-bond acceptors (Lipinski definition) is 5. The number of hydrogen-bond donors (Lipinski definition) is 1. The van der Waals surface area contributed by atoms with Crippen molar-refractivity contribution in [3.05, 3.63) is 36.4 Å². The van der Waals surface area contributed by atoms with Crippen LogP contribution in [0.3, 0.4) is 0 Å². The Morgan fingerprint density at radius 1 is 1.15 bits per heavy atom. The van der Waals surface area contributed by atoms with Gasteiger partial charge in [0.15, 0.2) is 0 Å². The molecule has 0 amide bonds. The van der Waals surface area contributed by atoms with Crippen molar-refractivity contribution >= 4 is 16.9 Å². The molecule has 6 heteroatoms. The van der Waals surface area contributed by atoms with E-state index in [0.29, 0.717) is 17.4 Å². The number of halogens is 1. The number of nitrogens with one attached hydrogen (secondary N) is 1. The van der Waals surface area contributed by atoms with Gasteiger partial charge in [0.1, 0.15) is 29.0 Å². The molecule has 1 aliphatic rings. The van der Waals surface area contributed by atoms with Crippen LogP contribution in [0.25, 0.3) is 22.4 Å². The Balaban J connectivity index is 1.88. The summed E-state index contributed by atoms with van der Waals surface area (Å²) < 4.78 is 18.3. The lowest BCUT2D eigenvalue weighted by molar-refractivity contribution is 0.451. The lowest BCUT2D eigenvalue weighted by Crippen LogP contribution is -2.03. The molecule has 100 valence electrons. The van der Waals surface area contributed by atoms with Crippen molar-refractivity contribution in [2.75, 3.05) is 5.32 Å². The van der Waals surface area contributed by atoms with Gasteiger partial charge in [-0.2, -0.15) is 4.98 Å². The zero-order valence-electron chi connectivity index (χ0n) is 10.5. The topological polar surface area (TPSA) is 63.8 Å². The van der Waals surface area contributed by atoms with Gasteiger partial charge in [0.25, 0.3) is 5.71 Å². The highest BCUT2D eigenvalue weighted by Gasteiger charge is 2.24. The molecular formula is C14H11FN4O. The average Bonchev–Trinajstić information content (AvgIpc) is 3.16. The van der Waals surface area contributed by atoms with E-state index in [2.05, 4.69) is 20.4 Å². The Morgan fingerprint density at radius 2 is 1.95 bits per heavy atom. The first kappa shape index (κ1) is 11.3. The van der Waals surface area contributed by atoms with Gasteiger partial charge in [0.2, 0.25) is 0 Å². The Morgan fingerprint density at radius 3 is 2.70 bits per heavy atom. The van der Waals surface area contributed by atoms with E-state index in [4.69, 9.17) is 4.52 Å². The van der Waals surface area contributed by atoms with E-state index in [9.17, 15) is 4.39 Å². The first-order chi connectivity index (χ1) is 9.81. The lowest BCUT2D eigenvalue weighted by Gasteiger charge is -2.04. The fraction of sp³-hybridized carbons (Fsp3) is 0.214. The van der Waals surface area contributed by atoms with Crippen molar-refractivity contribution in [1.29, 1.82) is 0 Å². The highest BCUT2D eigenvalue weighted by Crippen LogP contribution is 2.33. The predicted octanol–water partition coefficient (Wildman–Crippen LogP) is 3.00. The molecule has 1 N–H and O–H groups in total. The third kappa shape index (κ3) is 1.89. The van der Waals surface area contributed by atoms with Crippen LogP contribution in [0.4, 0.5) is 10.2 Å². The number of nitrogens with zero attached hydrogens (tertiary/aromatic N) is 3. The third-order valence-electron chi connectivity index (χ3n) is 3.31. The summed E-state index contributed by atoms with van der Waals surface area (Å²) in [6, 6.07) is 6.59. The van der Waals surface area contributed by atoms with E-state index in [1.165, 1.54) is 18.5 Å². The van der Waals surface area contributed by atoms with Crippen LogP contribution in [0.1, 0.15) is 12.8 Å². The molecule has 2 aromatic heterocycles. The molecule has 0 spiro atoms. The van der Waals surface area contributed by atoms with Gasteiger partial charge in [0.05, 0.1) is 0 Å². The smallest absolute Gasteiger partial charge is 0.263 e. The zero-order valence-corrected chi connectivity index (χ0v) is 10.5. The van der Waals surface area contributed by atoms with Crippen molar-refractivity contribution < 1.29 is 8.91 Å². The third-order valence-corrected chi connectivity index (χ3v) is 3.31. The van der Waals surface area contributed by atoms with Gasteiger partial charge in [0, 0.05) is 11.6 Å². The molecule has 0 aliphatic heterocycles. The summed E-state index contributed by atoms with van der Waals surface area (Å²) in [7, 11) is 0. The van der Waals surface area contributed by atoms with Gasteiger partial charge >= 0.3 is 0 Å². The van der Waals surface area contributed by atoms with Crippen molar-refractivity contribution in [2.24, 2.45) is 0 Å². The van der Waals surface area contributed by atoms with E-state index in [-0.39, 0.29) is 5.82 Å². The van der Waals surface area contributed by atoms with Crippen molar-refractivity contribution in [2.45, 2.75) is 18.9 Å². The minimum absolute atomic E-state index is 0.283. The molecule has 4 rings (SSSR count). The quantitative estimate of drug-likeness (QED) is 0.792. The number of rotatable bonds is 3. The highest BCUT2D eigenvalue weighted by molar-refractivity contribution is 5.97. The minimum atomic E-state index is -0.283. The second-order valence-corrected chi connectivity index (χ2v) is 4.86. The van der Waals surface area contributed by atoms with Gasteiger partial charge in [-0.05, 0) is 37.1 Å². The normalized spacial score (nSPS) is 14.7. The van der Waals surface area contributed by atoms with Crippen LogP contribution in [0.5, 0.6) is 0 Å². The molecule has 1 fully saturated rings. The van der Waals surface area contributed by atoms with Gasteiger partial charge in [-0.25, -0.2) is 9.37 Å². The standard InChI is InChI=1S/C14H11FN4O/c15-9-3-1-8(2-4-9)12-11-13(18-10-5-6-10)16-7-17-14(11)20-19-12/h1-4,7,10H,5-6H2,(H,16,17,18). The fourth-order valence-electron chi connectivity index (χ4n) is 2.12. The summed E-state index contributed by atoms with van der Waals surface area (Å²) in [4.78, 5) is 8.35. The maximum atomic E-state index is 13.0. The maximum Gasteiger partial charge on any atom is 0.263 e. The average molecular weight is 270 g/mol. The van der Waals surface area contributed by atoms with E-state index in [1.54, 1.807) is 12.1 Å². The molecule has 0 unspecified atom stereocenters. The summed E-state index contributed by atoms with van der Waals surface area (Å²) in [6.07, 6.45) is 3.73. The van der Waals surface area contributed by atoms with Crippen LogP contribution in [0, 0.1) is 5.82 Å². The molecule has 0 bridgehead atoms. The van der Waals surface area contributed by atoms with Crippen LogP contribution in [-0.4, -0.2) is 21.2 Å². The molecule has 5 nitrogen and oxygen atoms in total. The molecule has 3 aromatic rings. The molecule has 20 heavy (non-hydrogen) atoms. The first-order valence-electron chi connectivity index (χ1n) is 6.44. The van der Waals surface area contributed by atoms with Crippen molar-refractivity contribution in [3.63, 3.8) is 0 Å². The number of aromatic nitrogens is 3. The SMILES string of the molecule is Fc1ccc(-c2noc3ncnc(NC4CC4)c23)cc1. The number of fused-ring (bicyclic) bond motifs is 1. The summed E-state index contributed by atoms with van der Waals surface area (Å²) in [5.74, 6) is 0.437. The highest BCUT2D eigenvalue weighted by atomic mass is 19.1. The van der Waals surface area contributed by atoms with E-state index >= 15 is 0 Å². The van der Waals surface area contributed by atoms with Crippen LogP contribution in [0.15, 0.2) is 35.1 Å². The minimum Gasteiger partial charge on any atom is -0.367 e. The number of benzene rings is 1. The van der Waals surface area contributed by atoms with Gasteiger partial charge < -0.3 is 9.84 Å². The van der Waals surface area contributed by atoms with E-state index in [0.717, 1.165) is 29.6 Å². The Bertz CT molecular complexity index is 764. The molecular weight excluding hydrogens is 259 g/mol. The Labute approximate surface area is 113 Å². The predicted molar refractivity (Wildman–Crippen MR) is 71.6 cm³/mol. The lowest BCUT2D eigenvalue weighted by atomic mass is 10.1. The van der Waals surface area contributed by atoms with Crippen LogP contribution in [-0.2, 0) is 0 Å². The number of anilines is 1. The first-order valence-corrected chi connectivity index (χ1v) is 6.44. The largest absolute Gasteiger partial charge is 0.367 e. The molecule has 1 saturated carbocycles. The molecule has 0 radical (unpaired) electrons. The zero-order chi connectivity index (χ0) is 13.5. The van der Waals surface area contributed by atoms with Gasteiger partial charge in [-0.1, -0.05) is 5.16 Å². The van der Waals surface area contributed by atoms with Gasteiger partial charge in [-0.3, -0.25) is 0 Å². The molecule has 1 aromatic carbocycles. The second-order valence-electron chi connectivity index (χ2n) is 4.86. The van der Waals surface area contributed by atoms with Gasteiger partial charge in [-0.15, -0.1) is 0 Å². The molecule has 2 heterocycles. The summed E-state index contributed by atoms with van der Waals surface area (Å²) in [5.41, 5.74) is 1.84. The van der Waals surface area contributed by atoms with Crippen LogP contribution >= 0.6 is 0 Å². The van der Waals surface area contributed by atoms with Crippen LogP contribution in [0.2, 0.25) is 0 Å². The maximum absolute atomic E-state index is 13.0. The Hall–Kier alpha value is -2.50. The monoisotopic (exact) mass is 270 g/mol.